The maximum Gasteiger partial charge on any atom is 0.275 e. The van der Waals surface area contributed by atoms with Gasteiger partial charge >= 0.3 is 0 Å². The second-order valence-corrected chi connectivity index (χ2v) is 5.53. The number of likely N-dealkylation sites (N-methyl/N-ethyl adjacent to an activating group) is 1. The van der Waals surface area contributed by atoms with E-state index in [1.165, 1.54) is 18.9 Å². The van der Waals surface area contributed by atoms with Crippen LogP contribution in [0.25, 0.3) is 0 Å². The van der Waals surface area contributed by atoms with E-state index in [4.69, 9.17) is 4.74 Å². The normalized spacial score (nSPS) is 15.8. The third kappa shape index (κ3) is 4.32. The van der Waals surface area contributed by atoms with Crippen LogP contribution in [-0.2, 0) is 0 Å². The number of nitro groups is 1. The number of benzene rings is 1. The van der Waals surface area contributed by atoms with Crippen molar-refractivity contribution in [2.24, 2.45) is 0 Å². The van der Waals surface area contributed by atoms with Crippen LogP contribution in [0, 0.1) is 10.1 Å². The number of nitro benzene ring substituents is 1. The van der Waals surface area contributed by atoms with Gasteiger partial charge in [-0.25, -0.2) is 0 Å². The molecule has 116 valence electrons. The number of rotatable bonds is 8. The Morgan fingerprint density at radius 3 is 2.76 bits per heavy atom. The van der Waals surface area contributed by atoms with Crippen LogP contribution in [0.5, 0.6) is 5.75 Å². The van der Waals surface area contributed by atoms with Crippen LogP contribution in [0.1, 0.15) is 26.7 Å². The van der Waals surface area contributed by atoms with E-state index in [0.29, 0.717) is 24.4 Å². The zero-order chi connectivity index (χ0) is 15.4. The average molecular weight is 293 g/mol. The SMILES string of the molecule is CCOc1cc(NCC(C)N(C)C2CC2)cc([N+](=O)[O-])c1. The molecule has 0 spiro atoms. The first kappa shape index (κ1) is 15.6. The largest absolute Gasteiger partial charge is 0.494 e. The molecular weight excluding hydrogens is 270 g/mol. The third-order valence-corrected chi connectivity index (χ3v) is 3.83. The lowest BCUT2D eigenvalue weighted by molar-refractivity contribution is -0.384. The van der Waals surface area contributed by atoms with E-state index >= 15 is 0 Å². The van der Waals surface area contributed by atoms with Crippen LogP contribution >= 0.6 is 0 Å². The van der Waals surface area contributed by atoms with Crippen LogP contribution < -0.4 is 10.1 Å². The highest BCUT2D eigenvalue weighted by Gasteiger charge is 2.28. The van der Waals surface area contributed by atoms with Crippen molar-refractivity contribution in [3.63, 3.8) is 0 Å². The Hall–Kier alpha value is -1.82. The summed E-state index contributed by atoms with van der Waals surface area (Å²) in [6.45, 7) is 5.26. The summed E-state index contributed by atoms with van der Waals surface area (Å²) in [5, 5.41) is 14.2. The Kier molecular flexibility index (Phi) is 5.01. The van der Waals surface area contributed by atoms with Gasteiger partial charge in [0, 0.05) is 36.4 Å². The van der Waals surface area contributed by atoms with Crippen molar-refractivity contribution in [2.75, 3.05) is 25.5 Å². The van der Waals surface area contributed by atoms with Gasteiger partial charge in [0.2, 0.25) is 0 Å². The standard InChI is InChI=1S/C15H23N3O3/c1-4-21-15-8-12(7-14(9-15)18(19)20)16-10-11(2)17(3)13-5-6-13/h7-9,11,13,16H,4-6,10H2,1-3H3. The molecule has 0 bridgehead atoms. The molecule has 0 amide bonds. The van der Waals surface area contributed by atoms with Gasteiger partial charge in [0.05, 0.1) is 17.6 Å². The summed E-state index contributed by atoms with van der Waals surface area (Å²) in [4.78, 5) is 12.9. The van der Waals surface area contributed by atoms with E-state index in [1.807, 2.05) is 6.92 Å². The van der Waals surface area contributed by atoms with E-state index in [2.05, 4.69) is 24.2 Å². The highest BCUT2D eigenvalue weighted by Crippen LogP contribution is 2.28. The number of hydrogen-bond donors (Lipinski definition) is 1. The lowest BCUT2D eigenvalue weighted by atomic mass is 10.2. The maximum absolute atomic E-state index is 11.0. The quantitative estimate of drug-likeness (QED) is 0.589. The second-order valence-electron chi connectivity index (χ2n) is 5.53. The molecule has 6 nitrogen and oxygen atoms in total. The Morgan fingerprint density at radius 1 is 1.48 bits per heavy atom. The summed E-state index contributed by atoms with van der Waals surface area (Å²) in [7, 11) is 2.13. The van der Waals surface area contributed by atoms with Gasteiger partial charge < -0.3 is 10.1 Å². The predicted octanol–water partition coefficient (Wildman–Crippen LogP) is 2.89. The summed E-state index contributed by atoms with van der Waals surface area (Å²) < 4.78 is 5.38. The minimum absolute atomic E-state index is 0.0478. The van der Waals surface area contributed by atoms with Gasteiger partial charge in [-0.3, -0.25) is 15.0 Å². The van der Waals surface area contributed by atoms with Gasteiger partial charge in [-0.2, -0.15) is 0 Å². The molecular formula is C15H23N3O3. The van der Waals surface area contributed by atoms with Crippen LogP contribution in [0.2, 0.25) is 0 Å². The van der Waals surface area contributed by atoms with E-state index < -0.39 is 4.92 Å². The van der Waals surface area contributed by atoms with E-state index in [-0.39, 0.29) is 5.69 Å². The first-order valence-electron chi connectivity index (χ1n) is 7.39. The van der Waals surface area contributed by atoms with Gasteiger partial charge in [0.15, 0.2) is 0 Å². The Balaban J connectivity index is 2.02. The number of nitrogens with one attached hydrogen (secondary N) is 1. The third-order valence-electron chi connectivity index (χ3n) is 3.83. The molecule has 1 saturated carbocycles. The molecule has 1 aliphatic rings. The fourth-order valence-corrected chi connectivity index (χ4v) is 2.29. The summed E-state index contributed by atoms with van der Waals surface area (Å²) in [6, 6.07) is 5.89. The van der Waals surface area contributed by atoms with E-state index in [9.17, 15) is 10.1 Å². The molecule has 1 unspecified atom stereocenters. The lowest BCUT2D eigenvalue weighted by Crippen LogP contribution is -2.36. The van der Waals surface area contributed by atoms with Crippen LogP contribution in [0.4, 0.5) is 11.4 Å². The average Bonchev–Trinajstić information content (AvgIpc) is 3.28. The van der Waals surface area contributed by atoms with Gasteiger partial charge in [-0.05, 0) is 33.7 Å². The van der Waals surface area contributed by atoms with Crippen molar-refractivity contribution in [1.82, 2.24) is 4.90 Å². The molecule has 0 aliphatic heterocycles. The second kappa shape index (κ2) is 6.76. The van der Waals surface area contributed by atoms with Crippen LogP contribution in [-0.4, -0.2) is 42.1 Å². The molecule has 2 rings (SSSR count). The highest BCUT2D eigenvalue weighted by atomic mass is 16.6. The number of ether oxygens (including phenoxy) is 1. The lowest BCUT2D eigenvalue weighted by Gasteiger charge is -2.25. The number of hydrogen-bond acceptors (Lipinski definition) is 5. The molecule has 0 saturated heterocycles. The summed E-state index contributed by atoms with van der Waals surface area (Å²) in [5.74, 6) is 0.525. The monoisotopic (exact) mass is 293 g/mol. The highest BCUT2D eigenvalue weighted by molar-refractivity contribution is 5.56. The molecule has 1 fully saturated rings. The molecule has 1 aromatic rings. The van der Waals surface area contributed by atoms with Gasteiger partial charge in [-0.1, -0.05) is 0 Å². The van der Waals surface area contributed by atoms with Gasteiger partial charge in [0.1, 0.15) is 5.75 Å². The zero-order valence-corrected chi connectivity index (χ0v) is 12.8. The van der Waals surface area contributed by atoms with Crippen molar-refractivity contribution < 1.29 is 9.66 Å². The van der Waals surface area contributed by atoms with Crippen molar-refractivity contribution in [3.05, 3.63) is 28.3 Å². The first-order chi connectivity index (χ1) is 10.0. The molecule has 0 aromatic heterocycles. The van der Waals surface area contributed by atoms with Crippen LogP contribution in [0.3, 0.4) is 0 Å². The van der Waals surface area contributed by atoms with Crippen molar-refractivity contribution >= 4 is 11.4 Å². The Labute approximate surface area is 125 Å². The predicted molar refractivity (Wildman–Crippen MR) is 83.0 cm³/mol. The summed E-state index contributed by atoms with van der Waals surface area (Å²) in [6.07, 6.45) is 2.54. The molecule has 0 radical (unpaired) electrons. The van der Waals surface area contributed by atoms with Crippen molar-refractivity contribution in [1.29, 1.82) is 0 Å². The number of nitrogens with zero attached hydrogens (tertiary/aromatic N) is 2. The Bertz CT molecular complexity index is 503. The smallest absolute Gasteiger partial charge is 0.275 e. The van der Waals surface area contributed by atoms with E-state index in [1.54, 1.807) is 12.1 Å². The molecule has 1 N–H and O–H groups in total. The van der Waals surface area contributed by atoms with Crippen LogP contribution in [0.15, 0.2) is 18.2 Å². The van der Waals surface area contributed by atoms with E-state index in [0.717, 1.165) is 12.2 Å². The first-order valence-corrected chi connectivity index (χ1v) is 7.39. The minimum atomic E-state index is -0.395. The van der Waals surface area contributed by atoms with Gasteiger partial charge in [0.25, 0.3) is 5.69 Å². The molecule has 21 heavy (non-hydrogen) atoms. The van der Waals surface area contributed by atoms with Crippen molar-refractivity contribution in [3.8, 4) is 5.75 Å². The molecule has 0 heterocycles. The van der Waals surface area contributed by atoms with Crippen molar-refractivity contribution in [2.45, 2.75) is 38.8 Å². The molecule has 1 atom stereocenters. The number of non-ortho nitro benzene ring substituents is 1. The molecule has 1 aromatic carbocycles. The molecule has 1 aliphatic carbocycles. The van der Waals surface area contributed by atoms with Gasteiger partial charge in [-0.15, -0.1) is 0 Å². The minimum Gasteiger partial charge on any atom is -0.494 e. The zero-order valence-electron chi connectivity index (χ0n) is 12.8. The number of anilines is 1. The fourth-order valence-electron chi connectivity index (χ4n) is 2.29. The maximum atomic E-state index is 11.0. The summed E-state index contributed by atoms with van der Waals surface area (Å²) >= 11 is 0. The Morgan fingerprint density at radius 2 is 2.19 bits per heavy atom. The molecule has 6 heteroatoms. The fraction of sp³-hybridized carbons (Fsp3) is 0.600. The summed E-state index contributed by atoms with van der Waals surface area (Å²) in [5.41, 5.74) is 0.773. The topological polar surface area (TPSA) is 67.6 Å².